The number of hydrogen-bond acceptors (Lipinski definition) is 5. The maximum Gasteiger partial charge on any atom is 0.317 e. The summed E-state index contributed by atoms with van der Waals surface area (Å²) in [7, 11) is 0. The predicted molar refractivity (Wildman–Crippen MR) is 95.0 cm³/mol. The third kappa shape index (κ3) is 4.90. The molecule has 6 nitrogen and oxygen atoms in total. The molecule has 2 aromatic rings. The highest BCUT2D eigenvalue weighted by molar-refractivity contribution is 5.69. The molecule has 1 fully saturated rings. The summed E-state index contributed by atoms with van der Waals surface area (Å²) < 4.78 is 31.8. The second kappa shape index (κ2) is 8.58. The van der Waals surface area contributed by atoms with E-state index in [-0.39, 0.29) is 18.5 Å². The monoisotopic (exact) mass is 379 g/mol. The van der Waals surface area contributed by atoms with E-state index in [1.807, 2.05) is 11.8 Å². The van der Waals surface area contributed by atoms with Crippen LogP contribution in [0.15, 0.2) is 28.9 Å². The molecule has 0 bridgehead atoms. The summed E-state index contributed by atoms with van der Waals surface area (Å²) >= 11 is 0. The number of carboxylic acids is 1. The molecule has 1 N–H and O–H groups in total. The van der Waals surface area contributed by atoms with Crippen LogP contribution in [0, 0.1) is 11.6 Å². The van der Waals surface area contributed by atoms with Crippen molar-refractivity contribution in [2.75, 3.05) is 26.2 Å². The number of nitrogens with zero attached hydrogens (tertiary/aromatic N) is 3. The summed E-state index contributed by atoms with van der Waals surface area (Å²) in [6, 6.07) is 3.83. The van der Waals surface area contributed by atoms with Gasteiger partial charge in [0.15, 0.2) is 11.6 Å². The largest absolute Gasteiger partial charge is 0.480 e. The van der Waals surface area contributed by atoms with Crippen molar-refractivity contribution in [3.05, 3.63) is 41.8 Å². The van der Waals surface area contributed by atoms with Crippen LogP contribution in [0.2, 0.25) is 0 Å². The number of likely N-dealkylation sites (tertiary alicyclic amines) is 1. The van der Waals surface area contributed by atoms with E-state index in [0.29, 0.717) is 12.1 Å². The lowest BCUT2D eigenvalue weighted by molar-refractivity contribution is -0.139. The maximum absolute atomic E-state index is 13.4. The molecule has 0 amide bonds. The van der Waals surface area contributed by atoms with E-state index in [1.165, 1.54) is 12.3 Å². The van der Waals surface area contributed by atoms with Crippen molar-refractivity contribution in [1.82, 2.24) is 14.8 Å². The van der Waals surface area contributed by atoms with Gasteiger partial charge in [-0.15, -0.1) is 0 Å². The van der Waals surface area contributed by atoms with Crippen molar-refractivity contribution in [2.45, 2.75) is 32.4 Å². The average molecular weight is 379 g/mol. The van der Waals surface area contributed by atoms with Crippen molar-refractivity contribution >= 4 is 5.97 Å². The summed E-state index contributed by atoms with van der Waals surface area (Å²) in [5.74, 6) is -2.38. The van der Waals surface area contributed by atoms with Crippen LogP contribution in [-0.4, -0.2) is 58.1 Å². The lowest BCUT2D eigenvalue weighted by Gasteiger charge is -2.37. The topological polar surface area (TPSA) is 69.8 Å². The molecule has 0 radical (unpaired) electrons. The number of carboxylic acid groups (broad SMARTS) is 1. The van der Waals surface area contributed by atoms with E-state index in [2.05, 4.69) is 9.88 Å². The summed E-state index contributed by atoms with van der Waals surface area (Å²) in [6.45, 7) is 5.05. The molecule has 8 heteroatoms. The summed E-state index contributed by atoms with van der Waals surface area (Å²) in [5, 5.41) is 9.01. The van der Waals surface area contributed by atoms with Gasteiger partial charge in [0.05, 0.1) is 12.2 Å². The van der Waals surface area contributed by atoms with E-state index < -0.39 is 17.6 Å². The van der Waals surface area contributed by atoms with Gasteiger partial charge in [0, 0.05) is 31.2 Å². The molecule has 0 atom stereocenters. The SMILES string of the molecule is CCN(CC(=O)O)C1CCN(Cc2coc(-c3ccc(F)c(F)c3)n2)CC1. The van der Waals surface area contributed by atoms with Crippen LogP contribution in [0.5, 0.6) is 0 Å². The predicted octanol–water partition coefficient (Wildman–Crippen LogP) is 2.99. The molecule has 1 saturated heterocycles. The Morgan fingerprint density at radius 2 is 2.07 bits per heavy atom. The number of piperidine rings is 1. The maximum atomic E-state index is 13.4. The number of benzene rings is 1. The highest BCUT2D eigenvalue weighted by atomic mass is 19.2. The fraction of sp³-hybridized carbons (Fsp3) is 0.474. The molecule has 146 valence electrons. The Morgan fingerprint density at radius 1 is 1.33 bits per heavy atom. The molecule has 2 heterocycles. The van der Waals surface area contributed by atoms with Crippen LogP contribution >= 0.6 is 0 Å². The van der Waals surface area contributed by atoms with Gasteiger partial charge in [0.1, 0.15) is 6.26 Å². The second-order valence-electron chi connectivity index (χ2n) is 6.74. The molecule has 1 aromatic carbocycles. The minimum atomic E-state index is -0.934. The third-order valence-corrected chi connectivity index (χ3v) is 4.92. The van der Waals surface area contributed by atoms with Crippen LogP contribution < -0.4 is 0 Å². The van der Waals surface area contributed by atoms with Gasteiger partial charge in [0.2, 0.25) is 5.89 Å². The molecule has 0 unspecified atom stereocenters. The van der Waals surface area contributed by atoms with E-state index in [9.17, 15) is 13.6 Å². The summed E-state index contributed by atoms with van der Waals surface area (Å²) in [6.07, 6.45) is 3.33. The van der Waals surface area contributed by atoms with Crippen LogP contribution in [-0.2, 0) is 11.3 Å². The van der Waals surface area contributed by atoms with Crippen molar-refractivity contribution in [3.63, 3.8) is 0 Å². The molecule has 1 aliphatic rings. The number of hydrogen-bond donors (Lipinski definition) is 1. The number of aromatic nitrogens is 1. The Morgan fingerprint density at radius 3 is 2.70 bits per heavy atom. The minimum Gasteiger partial charge on any atom is -0.480 e. The van der Waals surface area contributed by atoms with Gasteiger partial charge in [-0.1, -0.05) is 6.92 Å². The summed E-state index contributed by atoms with van der Waals surface area (Å²) in [5.41, 5.74) is 1.12. The van der Waals surface area contributed by atoms with Gasteiger partial charge >= 0.3 is 5.97 Å². The van der Waals surface area contributed by atoms with E-state index in [0.717, 1.165) is 50.3 Å². The van der Waals surface area contributed by atoms with Crippen LogP contribution in [0.4, 0.5) is 8.78 Å². The molecule has 3 rings (SSSR count). The molecule has 0 aliphatic carbocycles. The van der Waals surface area contributed by atoms with Gasteiger partial charge in [-0.05, 0) is 37.6 Å². The zero-order chi connectivity index (χ0) is 19.4. The molecule has 1 aliphatic heterocycles. The van der Waals surface area contributed by atoms with Crippen LogP contribution in [0.1, 0.15) is 25.5 Å². The molecule has 0 saturated carbocycles. The smallest absolute Gasteiger partial charge is 0.317 e. The van der Waals surface area contributed by atoms with Gasteiger partial charge in [-0.25, -0.2) is 13.8 Å². The Bertz CT molecular complexity index is 788. The van der Waals surface area contributed by atoms with Crippen molar-refractivity contribution < 1.29 is 23.1 Å². The fourth-order valence-corrected chi connectivity index (χ4v) is 3.49. The lowest BCUT2D eigenvalue weighted by Crippen LogP contribution is -2.46. The Labute approximate surface area is 156 Å². The first-order valence-electron chi connectivity index (χ1n) is 9.04. The zero-order valence-corrected chi connectivity index (χ0v) is 15.2. The Kier molecular flexibility index (Phi) is 6.18. The van der Waals surface area contributed by atoms with Crippen LogP contribution in [0.3, 0.4) is 0 Å². The number of rotatable bonds is 7. The van der Waals surface area contributed by atoms with Gasteiger partial charge in [-0.3, -0.25) is 14.6 Å². The van der Waals surface area contributed by atoms with Crippen molar-refractivity contribution in [3.8, 4) is 11.5 Å². The van der Waals surface area contributed by atoms with E-state index in [1.54, 1.807) is 0 Å². The highest BCUT2D eigenvalue weighted by Crippen LogP contribution is 2.23. The first-order valence-corrected chi connectivity index (χ1v) is 9.04. The minimum absolute atomic E-state index is 0.0715. The molecule has 1 aromatic heterocycles. The highest BCUT2D eigenvalue weighted by Gasteiger charge is 2.25. The summed E-state index contributed by atoms with van der Waals surface area (Å²) in [4.78, 5) is 19.6. The zero-order valence-electron chi connectivity index (χ0n) is 15.2. The van der Waals surface area contributed by atoms with E-state index in [4.69, 9.17) is 9.52 Å². The number of likely N-dealkylation sites (N-methyl/N-ethyl adjacent to an activating group) is 1. The van der Waals surface area contributed by atoms with Crippen LogP contribution in [0.25, 0.3) is 11.5 Å². The lowest BCUT2D eigenvalue weighted by atomic mass is 10.0. The first kappa shape index (κ1) is 19.4. The number of halogens is 2. The molecule has 27 heavy (non-hydrogen) atoms. The number of aliphatic carboxylic acids is 1. The second-order valence-corrected chi connectivity index (χ2v) is 6.74. The van der Waals surface area contributed by atoms with Gasteiger partial charge in [-0.2, -0.15) is 0 Å². The standard InChI is InChI=1S/C19H23F2N3O3/c1-2-24(11-18(25)26)15-5-7-23(8-6-15)10-14-12-27-19(22-14)13-3-4-16(20)17(21)9-13/h3-4,9,12,15H,2,5-8,10-11H2,1H3,(H,25,26). The van der Waals surface area contributed by atoms with Crippen molar-refractivity contribution in [2.24, 2.45) is 0 Å². The molecular formula is C19H23F2N3O3. The Hall–Kier alpha value is -2.32. The molecule has 0 spiro atoms. The average Bonchev–Trinajstić information content (AvgIpc) is 3.11. The van der Waals surface area contributed by atoms with Crippen molar-refractivity contribution in [1.29, 1.82) is 0 Å². The van der Waals surface area contributed by atoms with Gasteiger partial charge in [0.25, 0.3) is 0 Å². The normalized spacial score (nSPS) is 16.1. The Balaban J connectivity index is 1.56. The first-order chi connectivity index (χ1) is 13.0. The third-order valence-electron chi connectivity index (χ3n) is 4.92. The molecular weight excluding hydrogens is 356 g/mol. The number of carbonyl (C=O) groups is 1. The van der Waals surface area contributed by atoms with E-state index >= 15 is 0 Å². The number of oxazole rings is 1. The quantitative estimate of drug-likeness (QED) is 0.798. The van der Waals surface area contributed by atoms with Gasteiger partial charge < -0.3 is 9.52 Å². The fourth-order valence-electron chi connectivity index (χ4n) is 3.49.